The fourth-order valence-corrected chi connectivity index (χ4v) is 3.14. The van der Waals surface area contributed by atoms with Crippen molar-refractivity contribution in [1.29, 1.82) is 0 Å². The second-order valence-electron chi connectivity index (χ2n) is 6.21. The van der Waals surface area contributed by atoms with Crippen molar-refractivity contribution in [3.8, 4) is 17.0 Å². The third-order valence-corrected chi connectivity index (χ3v) is 4.54. The number of oxazole rings is 1. The quantitative estimate of drug-likeness (QED) is 0.732. The van der Waals surface area contributed by atoms with Gasteiger partial charge in [0.25, 0.3) is 0 Å². The van der Waals surface area contributed by atoms with Gasteiger partial charge in [-0.1, -0.05) is 12.1 Å². The SMILES string of the molecule is Nc1nnc(-c2ccccc2O)cc1N1CCN(Cc2ncco2)CC1. The van der Waals surface area contributed by atoms with Crippen LogP contribution in [-0.2, 0) is 6.54 Å². The number of phenolic OH excluding ortho intramolecular Hbond substituents is 1. The van der Waals surface area contributed by atoms with E-state index in [9.17, 15) is 5.11 Å². The highest BCUT2D eigenvalue weighted by atomic mass is 16.3. The molecule has 0 unspecified atom stereocenters. The minimum atomic E-state index is 0.174. The predicted octanol–water partition coefficient (Wildman–Crippen LogP) is 1.74. The van der Waals surface area contributed by atoms with E-state index in [2.05, 4.69) is 25.0 Å². The van der Waals surface area contributed by atoms with Gasteiger partial charge in [0, 0.05) is 31.7 Å². The van der Waals surface area contributed by atoms with Crippen LogP contribution in [0.25, 0.3) is 11.3 Å². The highest BCUT2D eigenvalue weighted by molar-refractivity contribution is 5.74. The number of nitrogens with two attached hydrogens (primary N) is 1. The van der Waals surface area contributed by atoms with E-state index >= 15 is 0 Å². The molecule has 8 nitrogen and oxygen atoms in total. The van der Waals surface area contributed by atoms with Gasteiger partial charge in [0.2, 0.25) is 5.89 Å². The van der Waals surface area contributed by atoms with E-state index in [1.165, 1.54) is 0 Å². The number of benzene rings is 1. The fourth-order valence-electron chi connectivity index (χ4n) is 3.14. The van der Waals surface area contributed by atoms with Gasteiger partial charge < -0.3 is 20.2 Å². The molecule has 1 aliphatic heterocycles. The average Bonchev–Trinajstić information content (AvgIpc) is 3.17. The maximum Gasteiger partial charge on any atom is 0.208 e. The summed E-state index contributed by atoms with van der Waals surface area (Å²) in [7, 11) is 0. The number of aromatic nitrogens is 3. The molecule has 4 rings (SSSR count). The molecule has 1 aromatic carbocycles. The van der Waals surface area contributed by atoms with Gasteiger partial charge in [-0.25, -0.2) is 4.98 Å². The van der Waals surface area contributed by atoms with Gasteiger partial charge in [-0.2, -0.15) is 0 Å². The van der Waals surface area contributed by atoms with Crippen LogP contribution in [-0.4, -0.2) is 51.4 Å². The number of hydrogen-bond donors (Lipinski definition) is 2. The summed E-state index contributed by atoms with van der Waals surface area (Å²) in [5.74, 6) is 1.30. The van der Waals surface area contributed by atoms with Crippen LogP contribution in [0.3, 0.4) is 0 Å². The van der Waals surface area contributed by atoms with Crippen molar-refractivity contribution in [3.05, 3.63) is 48.7 Å². The number of nitrogens with zero attached hydrogens (tertiary/aromatic N) is 5. The Labute approximate surface area is 150 Å². The van der Waals surface area contributed by atoms with Crippen molar-refractivity contribution in [2.24, 2.45) is 0 Å². The molecule has 1 aliphatic rings. The van der Waals surface area contributed by atoms with E-state index in [1.807, 2.05) is 18.2 Å². The van der Waals surface area contributed by atoms with Crippen LogP contribution >= 0.6 is 0 Å². The largest absolute Gasteiger partial charge is 0.507 e. The van der Waals surface area contributed by atoms with Crippen LogP contribution in [0, 0.1) is 0 Å². The number of para-hydroxylation sites is 1. The molecule has 0 radical (unpaired) electrons. The van der Waals surface area contributed by atoms with Gasteiger partial charge in [-0.15, -0.1) is 10.2 Å². The summed E-state index contributed by atoms with van der Waals surface area (Å²) < 4.78 is 5.31. The Morgan fingerprint density at radius 1 is 1.12 bits per heavy atom. The summed E-state index contributed by atoms with van der Waals surface area (Å²) in [5.41, 5.74) is 8.15. The van der Waals surface area contributed by atoms with Crippen LogP contribution in [0.1, 0.15) is 5.89 Å². The second kappa shape index (κ2) is 7.01. The molecule has 0 atom stereocenters. The molecule has 8 heteroatoms. The van der Waals surface area contributed by atoms with Crippen molar-refractivity contribution in [2.75, 3.05) is 36.8 Å². The highest BCUT2D eigenvalue weighted by Crippen LogP contribution is 2.31. The van der Waals surface area contributed by atoms with Crippen molar-refractivity contribution >= 4 is 11.5 Å². The van der Waals surface area contributed by atoms with Crippen LogP contribution in [0.2, 0.25) is 0 Å². The molecule has 1 saturated heterocycles. The Morgan fingerprint density at radius 2 is 1.92 bits per heavy atom. The van der Waals surface area contributed by atoms with Crippen molar-refractivity contribution < 1.29 is 9.52 Å². The number of phenols is 1. The van der Waals surface area contributed by atoms with E-state index < -0.39 is 0 Å². The van der Waals surface area contributed by atoms with E-state index in [-0.39, 0.29) is 5.75 Å². The Hall–Kier alpha value is -3.13. The number of hydrogen-bond acceptors (Lipinski definition) is 8. The van der Waals surface area contributed by atoms with Crippen LogP contribution in [0.4, 0.5) is 11.5 Å². The molecule has 0 amide bonds. The van der Waals surface area contributed by atoms with Crippen LogP contribution in [0.15, 0.2) is 47.2 Å². The molecule has 0 saturated carbocycles. The summed E-state index contributed by atoms with van der Waals surface area (Å²) in [6, 6.07) is 8.97. The molecule has 0 bridgehead atoms. The van der Waals surface area contributed by atoms with Crippen LogP contribution in [0.5, 0.6) is 5.75 Å². The molecule has 134 valence electrons. The Bertz CT molecular complexity index is 875. The lowest BCUT2D eigenvalue weighted by atomic mass is 10.1. The van der Waals surface area contributed by atoms with Gasteiger partial charge in [-0.05, 0) is 18.2 Å². The maximum absolute atomic E-state index is 10.1. The maximum atomic E-state index is 10.1. The standard InChI is InChI=1S/C18H20N6O2/c19-18-15(11-14(21-22-18)13-3-1-2-4-16(13)25)24-8-6-23(7-9-24)12-17-20-5-10-26-17/h1-5,10-11,25H,6-9,12H2,(H2,19,22). The summed E-state index contributed by atoms with van der Waals surface area (Å²) >= 11 is 0. The number of piperazine rings is 1. The first-order valence-electron chi connectivity index (χ1n) is 8.48. The van der Waals surface area contributed by atoms with Gasteiger partial charge in [-0.3, -0.25) is 4.90 Å². The molecule has 2 aromatic heterocycles. The summed E-state index contributed by atoms with van der Waals surface area (Å²) in [6.07, 6.45) is 3.25. The van der Waals surface area contributed by atoms with E-state index in [0.717, 1.165) is 37.8 Å². The lowest BCUT2D eigenvalue weighted by molar-refractivity contribution is 0.226. The Kier molecular flexibility index (Phi) is 4.40. The van der Waals surface area contributed by atoms with E-state index in [1.54, 1.807) is 24.6 Å². The number of rotatable bonds is 4. The molecule has 0 spiro atoms. The molecule has 3 heterocycles. The Morgan fingerprint density at radius 3 is 2.65 bits per heavy atom. The van der Waals surface area contributed by atoms with Gasteiger partial charge in [0.15, 0.2) is 5.82 Å². The van der Waals surface area contributed by atoms with E-state index in [4.69, 9.17) is 10.2 Å². The average molecular weight is 352 g/mol. The predicted molar refractivity (Wildman–Crippen MR) is 97.5 cm³/mol. The monoisotopic (exact) mass is 352 g/mol. The molecule has 3 N–H and O–H groups in total. The normalized spacial score (nSPS) is 15.3. The first-order chi connectivity index (χ1) is 12.7. The first kappa shape index (κ1) is 16.3. The summed E-state index contributed by atoms with van der Waals surface area (Å²) in [4.78, 5) is 8.65. The minimum absolute atomic E-state index is 0.174. The molecule has 3 aromatic rings. The number of nitrogen functional groups attached to an aromatic ring is 1. The first-order valence-corrected chi connectivity index (χ1v) is 8.48. The minimum Gasteiger partial charge on any atom is -0.507 e. The van der Waals surface area contributed by atoms with E-state index in [0.29, 0.717) is 23.6 Å². The molecule has 0 aliphatic carbocycles. The zero-order valence-electron chi connectivity index (χ0n) is 14.2. The van der Waals surface area contributed by atoms with Crippen molar-refractivity contribution in [3.63, 3.8) is 0 Å². The number of anilines is 2. The lowest BCUT2D eigenvalue weighted by Gasteiger charge is -2.35. The third-order valence-electron chi connectivity index (χ3n) is 4.54. The Balaban J connectivity index is 1.50. The third kappa shape index (κ3) is 3.31. The molecular formula is C18H20N6O2. The molecule has 1 fully saturated rings. The lowest BCUT2D eigenvalue weighted by Crippen LogP contribution is -2.46. The fraction of sp³-hybridized carbons (Fsp3) is 0.278. The highest BCUT2D eigenvalue weighted by Gasteiger charge is 2.21. The zero-order valence-corrected chi connectivity index (χ0v) is 14.2. The summed E-state index contributed by atoms with van der Waals surface area (Å²) in [6.45, 7) is 4.08. The smallest absolute Gasteiger partial charge is 0.208 e. The summed E-state index contributed by atoms with van der Waals surface area (Å²) in [5, 5.41) is 18.3. The molecular weight excluding hydrogens is 332 g/mol. The second-order valence-corrected chi connectivity index (χ2v) is 6.21. The topological polar surface area (TPSA) is 105 Å². The number of aromatic hydroxyl groups is 1. The van der Waals surface area contributed by atoms with Gasteiger partial charge in [0.05, 0.1) is 24.1 Å². The van der Waals surface area contributed by atoms with Crippen molar-refractivity contribution in [1.82, 2.24) is 20.1 Å². The van der Waals surface area contributed by atoms with Crippen LogP contribution < -0.4 is 10.6 Å². The zero-order chi connectivity index (χ0) is 17.9. The van der Waals surface area contributed by atoms with Gasteiger partial charge >= 0.3 is 0 Å². The molecule has 26 heavy (non-hydrogen) atoms. The van der Waals surface area contributed by atoms with Crippen molar-refractivity contribution in [2.45, 2.75) is 6.54 Å². The van der Waals surface area contributed by atoms with Gasteiger partial charge in [0.1, 0.15) is 12.0 Å².